The number of nitrogens with zero attached hydrogens (tertiary/aromatic N) is 3. The molecule has 0 aliphatic heterocycles. The molecular weight excluding hydrogens is 226 g/mol. The predicted molar refractivity (Wildman–Crippen MR) is 74.8 cm³/mol. The topological polar surface area (TPSA) is 54.2 Å². The predicted octanol–water partition coefficient (Wildman–Crippen LogP) is 1.22. The molecule has 5 nitrogen and oxygen atoms in total. The fourth-order valence-corrected chi connectivity index (χ4v) is 1.92. The van der Waals surface area contributed by atoms with Gasteiger partial charge in [-0.25, -0.2) is 4.98 Å². The smallest absolute Gasteiger partial charge is 0.190 e. The molecule has 0 saturated heterocycles. The minimum absolute atomic E-state index is 0.825. The van der Waals surface area contributed by atoms with Crippen molar-refractivity contribution >= 4 is 17.0 Å². The average molecular weight is 245 g/mol. The molecule has 0 aliphatic carbocycles. The summed E-state index contributed by atoms with van der Waals surface area (Å²) in [7, 11) is 3.63. The molecule has 1 heterocycles. The lowest BCUT2D eigenvalue weighted by atomic mass is 10.3. The molecule has 18 heavy (non-hydrogen) atoms. The summed E-state index contributed by atoms with van der Waals surface area (Å²) in [4.78, 5) is 8.44. The summed E-state index contributed by atoms with van der Waals surface area (Å²) in [5.74, 6) is 0.825. The lowest BCUT2D eigenvalue weighted by Gasteiger charge is -2.08. The Bertz CT molecular complexity index is 529. The number of benzene rings is 1. The molecule has 0 fully saturated rings. The van der Waals surface area contributed by atoms with E-state index in [4.69, 9.17) is 0 Å². The van der Waals surface area contributed by atoms with Crippen LogP contribution < -0.4 is 10.6 Å². The zero-order chi connectivity index (χ0) is 12.8. The summed E-state index contributed by atoms with van der Waals surface area (Å²) in [5.41, 5.74) is 2.24. The molecule has 96 valence electrons. The molecule has 0 spiro atoms. The second-order valence-corrected chi connectivity index (χ2v) is 4.03. The number of hydrogen-bond acceptors (Lipinski definition) is 2. The van der Waals surface area contributed by atoms with Crippen molar-refractivity contribution in [3.63, 3.8) is 0 Å². The summed E-state index contributed by atoms with van der Waals surface area (Å²) in [5, 5.41) is 6.23. The molecule has 0 amide bonds. The minimum atomic E-state index is 0.825. The average Bonchev–Trinajstić information content (AvgIpc) is 2.82. The van der Waals surface area contributed by atoms with Crippen molar-refractivity contribution in [3.05, 3.63) is 30.6 Å². The van der Waals surface area contributed by atoms with Gasteiger partial charge in [0.15, 0.2) is 5.96 Å². The van der Waals surface area contributed by atoms with Gasteiger partial charge < -0.3 is 15.2 Å². The Morgan fingerprint density at radius 3 is 3.00 bits per heavy atom. The van der Waals surface area contributed by atoms with Gasteiger partial charge in [-0.2, -0.15) is 0 Å². The third-order valence-electron chi connectivity index (χ3n) is 2.86. The van der Waals surface area contributed by atoms with Gasteiger partial charge in [0.2, 0.25) is 0 Å². The summed E-state index contributed by atoms with van der Waals surface area (Å²) < 4.78 is 2.18. The van der Waals surface area contributed by atoms with E-state index >= 15 is 0 Å². The van der Waals surface area contributed by atoms with Crippen LogP contribution in [0.5, 0.6) is 0 Å². The minimum Gasteiger partial charge on any atom is -0.359 e. The second-order valence-electron chi connectivity index (χ2n) is 4.03. The lowest BCUT2D eigenvalue weighted by Crippen LogP contribution is -2.35. The van der Waals surface area contributed by atoms with Crippen molar-refractivity contribution in [2.45, 2.75) is 13.0 Å². The highest BCUT2D eigenvalue weighted by Crippen LogP contribution is 2.11. The molecular formula is C13H19N5. The highest BCUT2D eigenvalue weighted by atomic mass is 15.1. The first kappa shape index (κ1) is 12.4. The maximum Gasteiger partial charge on any atom is 0.190 e. The molecule has 2 rings (SSSR count). The molecule has 1 aromatic heterocycles. The van der Waals surface area contributed by atoms with Crippen molar-refractivity contribution in [1.29, 1.82) is 0 Å². The van der Waals surface area contributed by atoms with E-state index < -0.39 is 0 Å². The van der Waals surface area contributed by atoms with Gasteiger partial charge in [-0.15, -0.1) is 0 Å². The molecule has 0 bridgehead atoms. The quantitative estimate of drug-likeness (QED) is 0.484. The molecule has 5 heteroatoms. The number of para-hydroxylation sites is 2. The molecule has 0 radical (unpaired) electrons. The number of guanidine groups is 1. The SMILES string of the molecule is CN=C(NC)NCCCn1cnc2ccccc21. The molecule has 0 aliphatic rings. The van der Waals surface area contributed by atoms with E-state index in [-0.39, 0.29) is 0 Å². The standard InChI is InChI=1S/C13H19N5/c1-14-13(15-2)16-8-5-9-18-10-17-11-6-3-4-7-12(11)18/h3-4,6-7,10H,5,8-9H2,1-2H3,(H2,14,15,16). The van der Waals surface area contributed by atoms with E-state index in [9.17, 15) is 0 Å². The number of nitrogens with one attached hydrogen (secondary N) is 2. The highest BCUT2D eigenvalue weighted by molar-refractivity contribution is 5.79. The summed E-state index contributed by atoms with van der Waals surface area (Å²) in [6, 6.07) is 8.19. The van der Waals surface area contributed by atoms with Gasteiger partial charge in [-0.3, -0.25) is 4.99 Å². The third-order valence-corrected chi connectivity index (χ3v) is 2.86. The van der Waals surface area contributed by atoms with Gasteiger partial charge in [0.25, 0.3) is 0 Å². The van der Waals surface area contributed by atoms with Crippen molar-refractivity contribution < 1.29 is 0 Å². The largest absolute Gasteiger partial charge is 0.359 e. The summed E-state index contributed by atoms with van der Waals surface area (Å²) in [6.07, 6.45) is 2.93. The number of imidazole rings is 1. The van der Waals surface area contributed by atoms with Crippen LogP contribution in [-0.4, -0.2) is 36.2 Å². The zero-order valence-electron chi connectivity index (χ0n) is 10.8. The normalized spacial score (nSPS) is 11.8. The number of hydrogen-bond donors (Lipinski definition) is 2. The fourth-order valence-electron chi connectivity index (χ4n) is 1.92. The molecule has 0 saturated carbocycles. The lowest BCUT2D eigenvalue weighted by molar-refractivity contribution is 0.640. The van der Waals surface area contributed by atoms with Gasteiger partial charge in [-0.05, 0) is 18.6 Å². The van der Waals surface area contributed by atoms with E-state index in [0.717, 1.165) is 31.0 Å². The second kappa shape index (κ2) is 6.05. The zero-order valence-corrected chi connectivity index (χ0v) is 10.8. The van der Waals surface area contributed by atoms with Gasteiger partial charge in [-0.1, -0.05) is 12.1 Å². The first-order chi connectivity index (χ1) is 8.85. The Morgan fingerprint density at radius 2 is 2.22 bits per heavy atom. The molecule has 0 atom stereocenters. The van der Waals surface area contributed by atoms with E-state index in [0.29, 0.717) is 0 Å². The number of aliphatic imine (C=N–C) groups is 1. The summed E-state index contributed by atoms with van der Waals surface area (Å²) >= 11 is 0. The Morgan fingerprint density at radius 1 is 1.39 bits per heavy atom. The van der Waals surface area contributed by atoms with Gasteiger partial charge >= 0.3 is 0 Å². The van der Waals surface area contributed by atoms with Crippen molar-refractivity contribution in [3.8, 4) is 0 Å². The van der Waals surface area contributed by atoms with E-state index in [2.05, 4.69) is 31.2 Å². The number of fused-ring (bicyclic) bond motifs is 1. The maximum atomic E-state index is 4.37. The third kappa shape index (κ3) is 2.80. The van der Waals surface area contributed by atoms with Gasteiger partial charge in [0, 0.05) is 27.2 Å². The molecule has 2 N–H and O–H groups in total. The fraction of sp³-hybridized carbons (Fsp3) is 0.385. The van der Waals surface area contributed by atoms with Crippen LogP contribution in [-0.2, 0) is 6.54 Å². The van der Waals surface area contributed by atoms with Crippen LogP contribution in [0.25, 0.3) is 11.0 Å². The van der Waals surface area contributed by atoms with Crippen LogP contribution in [0, 0.1) is 0 Å². The Kier molecular flexibility index (Phi) is 4.17. The Hall–Kier alpha value is -2.04. The van der Waals surface area contributed by atoms with Crippen molar-refractivity contribution in [1.82, 2.24) is 20.2 Å². The first-order valence-corrected chi connectivity index (χ1v) is 6.13. The van der Waals surface area contributed by atoms with Crippen molar-refractivity contribution in [2.75, 3.05) is 20.6 Å². The Labute approximate surface area is 107 Å². The van der Waals surface area contributed by atoms with Crippen LogP contribution in [0.1, 0.15) is 6.42 Å². The number of aryl methyl sites for hydroxylation is 1. The molecule has 2 aromatic rings. The number of aromatic nitrogens is 2. The van der Waals surface area contributed by atoms with Crippen LogP contribution in [0.4, 0.5) is 0 Å². The van der Waals surface area contributed by atoms with Crippen LogP contribution >= 0.6 is 0 Å². The van der Waals surface area contributed by atoms with Crippen molar-refractivity contribution in [2.24, 2.45) is 4.99 Å². The van der Waals surface area contributed by atoms with Crippen LogP contribution in [0.2, 0.25) is 0 Å². The Balaban J connectivity index is 1.87. The monoisotopic (exact) mass is 245 g/mol. The maximum absolute atomic E-state index is 4.37. The van der Waals surface area contributed by atoms with E-state index in [1.165, 1.54) is 5.52 Å². The van der Waals surface area contributed by atoms with Crippen LogP contribution in [0.3, 0.4) is 0 Å². The molecule has 0 unspecified atom stereocenters. The van der Waals surface area contributed by atoms with E-state index in [1.54, 1.807) is 7.05 Å². The van der Waals surface area contributed by atoms with E-state index in [1.807, 2.05) is 31.6 Å². The van der Waals surface area contributed by atoms with Gasteiger partial charge in [0.05, 0.1) is 17.4 Å². The number of rotatable bonds is 4. The molecule has 1 aromatic carbocycles. The highest BCUT2D eigenvalue weighted by Gasteiger charge is 2.00. The first-order valence-electron chi connectivity index (χ1n) is 6.13. The van der Waals surface area contributed by atoms with Gasteiger partial charge in [0.1, 0.15) is 0 Å². The summed E-state index contributed by atoms with van der Waals surface area (Å²) in [6.45, 7) is 1.84. The van der Waals surface area contributed by atoms with Crippen LogP contribution in [0.15, 0.2) is 35.6 Å².